The van der Waals surface area contributed by atoms with E-state index in [0.29, 0.717) is 62.7 Å². The molecule has 0 unspecified atom stereocenters. The number of carbonyl (C=O) groups is 4. The molecule has 1 N–H and O–H groups in total. The fraction of sp³-hybridized carbons (Fsp3) is 0.806. The lowest BCUT2D eigenvalue weighted by Crippen LogP contribution is -2.67. The molecule has 4 amide bonds. The molecule has 12 heteroatoms. The van der Waals surface area contributed by atoms with Gasteiger partial charge < -0.3 is 29.5 Å². The molecule has 11 nitrogen and oxygen atoms in total. The molecule has 1 aromatic heterocycles. The smallest absolute Gasteiger partial charge is 0.265 e. The second kappa shape index (κ2) is 14.7. The van der Waals surface area contributed by atoms with E-state index in [4.69, 9.17) is 9.47 Å². The van der Waals surface area contributed by atoms with Crippen molar-refractivity contribution in [1.29, 1.82) is 0 Å². The minimum atomic E-state index is -0.850. The third kappa shape index (κ3) is 7.45. The normalized spacial score (nSPS) is 25.9. The summed E-state index contributed by atoms with van der Waals surface area (Å²) in [6.07, 6.45) is 11.0. The van der Waals surface area contributed by atoms with Crippen LogP contribution in [0.3, 0.4) is 0 Å². The molecule has 3 aliphatic heterocycles. The van der Waals surface area contributed by atoms with Crippen molar-refractivity contribution in [2.45, 2.75) is 90.7 Å². The first kappa shape index (κ1) is 35.3. The van der Waals surface area contributed by atoms with Crippen LogP contribution in [0.15, 0.2) is 11.7 Å². The topological polar surface area (TPSA) is 121 Å². The molecule has 5 fully saturated rings. The number of hydrogen-bond donors (Lipinski definition) is 1. The van der Waals surface area contributed by atoms with Crippen LogP contribution in [0, 0.1) is 34.5 Å². The Balaban J connectivity index is 1.20. The van der Waals surface area contributed by atoms with Crippen LogP contribution in [0.25, 0.3) is 0 Å². The summed E-state index contributed by atoms with van der Waals surface area (Å²) in [5.74, 6) is 0.156. The van der Waals surface area contributed by atoms with E-state index in [1.54, 1.807) is 23.7 Å². The highest BCUT2D eigenvalue weighted by Crippen LogP contribution is 2.50. The van der Waals surface area contributed by atoms with Gasteiger partial charge in [-0.05, 0) is 63.2 Å². The number of methoxy groups -OCH3 is 1. The molecule has 0 bridgehead atoms. The van der Waals surface area contributed by atoms with Crippen LogP contribution in [0.5, 0.6) is 0 Å². The number of nitrogens with one attached hydrogen (secondary N) is 1. The minimum Gasteiger partial charge on any atom is -0.384 e. The summed E-state index contributed by atoms with van der Waals surface area (Å²) in [7, 11) is 1.69. The molecule has 2 aliphatic carbocycles. The van der Waals surface area contributed by atoms with Crippen molar-refractivity contribution < 1.29 is 28.7 Å². The molecule has 2 saturated carbocycles. The van der Waals surface area contributed by atoms with E-state index in [9.17, 15) is 19.2 Å². The monoisotopic (exact) mass is 685 g/mol. The van der Waals surface area contributed by atoms with Gasteiger partial charge in [0.25, 0.3) is 5.91 Å². The molecule has 266 valence electrons. The van der Waals surface area contributed by atoms with Crippen molar-refractivity contribution in [3.8, 4) is 0 Å². The Bertz CT molecular complexity index is 1300. The lowest BCUT2D eigenvalue weighted by molar-refractivity contribution is -0.159. The zero-order valence-electron chi connectivity index (χ0n) is 29.3. The van der Waals surface area contributed by atoms with Gasteiger partial charge in [0.2, 0.25) is 17.7 Å². The maximum Gasteiger partial charge on any atom is 0.265 e. The van der Waals surface area contributed by atoms with E-state index < -0.39 is 28.9 Å². The molecule has 6 rings (SSSR count). The molecule has 1 aromatic rings. The minimum absolute atomic E-state index is 0.121. The van der Waals surface area contributed by atoms with Gasteiger partial charge in [-0.15, -0.1) is 11.3 Å². The predicted octanol–water partition coefficient (Wildman–Crippen LogP) is 3.84. The standard InChI is InChI=1S/C36H55N5O6S/c1-24(47-19-25-9-6-5-7-10-25)30(33(44)39-14-8-11-26(16-39)18-46-4)38-31(42)28-17-40(32(43)29-15-37-23-48-29)20-36(28)21-41(22-36)34(45)35(2,3)27-12-13-27/h15,23-28,30H,5-14,16-22H2,1-4H3,(H,38,42)/t24-,26+,28+,30+/m1/s1. The van der Waals surface area contributed by atoms with Crippen LogP contribution < -0.4 is 5.32 Å². The Morgan fingerprint density at radius 3 is 2.33 bits per heavy atom. The second-order valence-electron chi connectivity index (χ2n) is 15.9. The van der Waals surface area contributed by atoms with Gasteiger partial charge in [-0.1, -0.05) is 33.1 Å². The fourth-order valence-electron chi connectivity index (χ4n) is 8.73. The first-order valence-corrected chi connectivity index (χ1v) is 19.1. The molecule has 0 radical (unpaired) electrons. The lowest BCUT2D eigenvalue weighted by Gasteiger charge is -2.52. The van der Waals surface area contributed by atoms with Crippen LogP contribution in [-0.4, -0.2) is 115 Å². The highest BCUT2D eigenvalue weighted by atomic mass is 32.1. The van der Waals surface area contributed by atoms with Crippen molar-refractivity contribution in [2.24, 2.45) is 34.5 Å². The number of nitrogens with zero attached hydrogens (tertiary/aromatic N) is 4. The summed E-state index contributed by atoms with van der Waals surface area (Å²) in [6.45, 7) is 9.80. The zero-order valence-corrected chi connectivity index (χ0v) is 30.1. The first-order chi connectivity index (χ1) is 23.0. The van der Waals surface area contributed by atoms with E-state index >= 15 is 0 Å². The van der Waals surface area contributed by atoms with E-state index in [1.165, 1.54) is 30.6 Å². The summed E-state index contributed by atoms with van der Waals surface area (Å²) in [5, 5.41) is 3.17. The Kier molecular flexibility index (Phi) is 10.8. The number of hydrogen-bond acceptors (Lipinski definition) is 8. The first-order valence-electron chi connectivity index (χ1n) is 18.2. The molecular weight excluding hydrogens is 630 g/mol. The summed E-state index contributed by atoms with van der Waals surface area (Å²) in [6, 6.07) is -0.850. The van der Waals surface area contributed by atoms with Crippen molar-refractivity contribution in [3.63, 3.8) is 0 Å². The van der Waals surface area contributed by atoms with Gasteiger partial charge in [-0.3, -0.25) is 24.2 Å². The molecule has 3 saturated heterocycles. The molecule has 4 atom stereocenters. The van der Waals surface area contributed by atoms with Crippen LogP contribution in [0.4, 0.5) is 0 Å². The number of ether oxygens (including phenoxy) is 2. The van der Waals surface area contributed by atoms with Crippen LogP contribution >= 0.6 is 11.3 Å². The molecule has 4 heterocycles. The summed E-state index contributed by atoms with van der Waals surface area (Å²) < 4.78 is 11.8. The Morgan fingerprint density at radius 1 is 0.958 bits per heavy atom. The Labute approximate surface area is 289 Å². The van der Waals surface area contributed by atoms with Gasteiger partial charge in [0.1, 0.15) is 10.9 Å². The number of carbonyl (C=O) groups excluding carboxylic acids is 4. The summed E-state index contributed by atoms with van der Waals surface area (Å²) in [5.41, 5.74) is 0.623. The number of amides is 4. The fourth-order valence-corrected chi connectivity index (χ4v) is 9.32. The Hall–Kier alpha value is -2.57. The molecule has 48 heavy (non-hydrogen) atoms. The average Bonchev–Trinajstić information content (AvgIpc) is 3.65. The van der Waals surface area contributed by atoms with Gasteiger partial charge >= 0.3 is 0 Å². The van der Waals surface area contributed by atoms with Gasteiger partial charge in [-0.25, -0.2) is 0 Å². The lowest BCUT2D eigenvalue weighted by atomic mass is 9.69. The number of thiazole rings is 1. The van der Waals surface area contributed by atoms with E-state index in [2.05, 4.69) is 10.3 Å². The number of likely N-dealkylation sites (tertiary alicyclic amines) is 3. The maximum absolute atomic E-state index is 14.5. The highest BCUT2D eigenvalue weighted by molar-refractivity contribution is 7.11. The third-order valence-corrected chi connectivity index (χ3v) is 12.7. The van der Waals surface area contributed by atoms with Gasteiger partial charge in [0, 0.05) is 63.8 Å². The van der Waals surface area contributed by atoms with Gasteiger partial charge in [0.05, 0.1) is 30.3 Å². The highest BCUT2D eigenvalue weighted by Gasteiger charge is 2.61. The second-order valence-corrected chi connectivity index (χ2v) is 16.8. The largest absolute Gasteiger partial charge is 0.384 e. The zero-order chi connectivity index (χ0) is 34.1. The van der Waals surface area contributed by atoms with Gasteiger partial charge in [0.15, 0.2) is 0 Å². The Morgan fingerprint density at radius 2 is 1.67 bits per heavy atom. The van der Waals surface area contributed by atoms with Crippen molar-refractivity contribution in [3.05, 3.63) is 16.6 Å². The SMILES string of the molecule is COC[C@H]1CCCN(C(=O)[C@@H](NC(=O)[C@@H]2CN(C(=O)c3cncs3)CC23CN(C(=O)C(C)(C)C2CC2)C3)[C@@H](C)OCC2CCCCC2)C1. The van der Waals surface area contributed by atoms with Crippen LogP contribution in [0.2, 0.25) is 0 Å². The van der Waals surface area contributed by atoms with Crippen LogP contribution in [-0.2, 0) is 23.9 Å². The number of rotatable bonds is 12. The molecule has 1 spiro atoms. The van der Waals surface area contributed by atoms with Crippen molar-refractivity contribution in [2.75, 3.05) is 59.6 Å². The maximum atomic E-state index is 14.5. The van der Waals surface area contributed by atoms with Crippen molar-refractivity contribution in [1.82, 2.24) is 25.0 Å². The molecule has 5 aliphatic rings. The number of piperidine rings is 1. The van der Waals surface area contributed by atoms with E-state index in [1.807, 2.05) is 30.6 Å². The molecule has 0 aromatic carbocycles. The van der Waals surface area contributed by atoms with Crippen LogP contribution in [0.1, 0.15) is 88.2 Å². The predicted molar refractivity (Wildman–Crippen MR) is 182 cm³/mol. The van der Waals surface area contributed by atoms with Gasteiger partial charge in [-0.2, -0.15) is 0 Å². The van der Waals surface area contributed by atoms with Crippen molar-refractivity contribution >= 4 is 35.0 Å². The summed E-state index contributed by atoms with van der Waals surface area (Å²) in [4.78, 5) is 66.0. The summed E-state index contributed by atoms with van der Waals surface area (Å²) >= 11 is 1.28. The number of aromatic nitrogens is 1. The quantitative estimate of drug-likeness (QED) is 0.355. The van der Waals surface area contributed by atoms with E-state index in [-0.39, 0.29) is 36.1 Å². The average molecular weight is 686 g/mol. The third-order valence-electron chi connectivity index (χ3n) is 11.9. The molecular formula is C36H55N5O6S. The van der Waals surface area contributed by atoms with E-state index in [0.717, 1.165) is 38.5 Å².